The molecule has 1 aliphatic heterocycles. The number of nitrogens with zero attached hydrogens (tertiary/aromatic N) is 3. The van der Waals surface area contributed by atoms with Gasteiger partial charge in [0.15, 0.2) is 0 Å². The maximum Gasteiger partial charge on any atom is 0.269 e. The lowest BCUT2D eigenvalue weighted by Gasteiger charge is -2.34. The van der Waals surface area contributed by atoms with Gasteiger partial charge in [0.05, 0.1) is 4.92 Å². The SMILES string of the molecule is CC(NN1CCN(C)CC1)c1ccc([N+](=O)[O-])cc1. The van der Waals surface area contributed by atoms with Crippen LogP contribution in [0.5, 0.6) is 0 Å². The molecule has 0 amide bonds. The zero-order valence-corrected chi connectivity index (χ0v) is 11.4. The van der Waals surface area contributed by atoms with E-state index in [4.69, 9.17) is 0 Å². The normalized spacial score (nSPS) is 19.3. The molecule has 1 fully saturated rings. The van der Waals surface area contributed by atoms with Crippen molar-refractivity contribution in [3.63, 3.8) is 0 Å². The van der Waals surface area contributed by atoms with Gasteiger partial charge in [-0.05, 0) is 19.5 Å². The van der Waals surface area contributed by atoms with Crippen molar-refractivity contribution in [3.8, 4) is 0 Å². The Bertz CT molecular complexity index is 427. The summed E-state index contributed by atoms with van der Waals surface area (Å²) < 4.78 is 0. The van der Waals surface area contributed by atoms with Crippen molar-refractivity contribution in [1.29, 1.82) is 0 Å². The molecule has 1 aliphatic rings. The van der Waals surface area contributed by atoms with Gasteiger partial charge < -0.3 is 4.90 Å². The molecule has 1 saturated heterocycles. The summed E-state index contributed by atoms with van der Waals surface area (Å²) in [5.74, 6) is 0. The summed E-state index contributed by atoms with van der Waals surface area (Å²) in [7, 11) is 2.12. The quantitative estimate of drug-likeness (QED) is 0.658. The van der Waals surface area contributed by atoms with Gasteiger partial charge in [0.25, 0.3) is 5.69 Å². The molecule has 1 heterocycles. The van der Waals surface area contributed by atoms with Gasteiger partial charge in [-0.1, -0.05) is 12.1 Å². The fourth-order valence-electron chi connectivity index (χ4n) is 2.17. The van der Waals surface area contributed by atoms with Crippen molar-refractivity contribution >= 4 is 5.69 Å². The minimum Gasteiger partial charge on any atom is -0.304 e. The Hall–Kier alpha value is -1.50. The van der Waals surface area contributed by atoms with Crippen molar-refractivity contribution in [2.75, 3.05) is 33.2 Å². The molecule has 1 aromatic rings. The number of likely N-dealkylation sites (N-methyl/N-ethyl adjacent to an activating group) is 1. The molecule has 0 aromatic heterocycles. The van der Waals surface area contributed by atoms with Gasteiger partial charge in [-0.25, -0.2) is 10.4 Å². The predicted molar refractivity (Wildman–Crippen MR) is 73.7 cm³/mol. The molecule has 0 spiro atoms. The molecule has 104 valence electrons. The van der Waals surface area contributed by atoms with Gasteiger partial charge in [0, 0.05) is 44.4 Å². The first kappa shape index (κ1) is 13.9. The number of hydrogen-bond acceptors (Lipinski definition) is 5. The average Bonchev–Trinajstić information content (AvgIpc) is 2.41. The number of nitrogens with one attached hydrogen (secondary N) is 1. The van der Waals surface area contributed by atoms with Crippen LogP contribution < -0.4 is 5.43 Å². The van der Waals surface area contributed by atoms with Crippen LogP contribution in [-0.2, 0) is 0 Å². The highest BCUT2D eigenvalue weighted by Gasteiger charge is 2.16. The molecule has 2 rings (SSSR count). The van der Waals surface area contributed by atoms with E-state index in [2.05, 4.69) is 29.3 Å². The second-order valence-electron chi connectivity index (χ2n) is 4.99. The van der Waals surface area contributed by atoms with Crippen molar-refractivity contribution in [1.82, 2.24) is 15.3 Å². The number of rotatable bonds is 4. The fourth-order valence-corrected chi connectivity index (χ4v) is 2.17. The van der Waals surface area contributed by atoms with Gasteiger partial charge in [0.2, 0.25) is 0 Å². The first-order valence-corrected chi connectivity index (χ1v) is 6.50. The number of non-ortho nitro benzene ring substituents is 1. The summed E-state index contributed by atoms with van der Waals surface area (Å²) in [4.78, 5) is 12.5. The topological polar surface area (TPSA) is 61.6 Å². The highest BCUT2D eigenvalue weighted by atomic mass is 16.6. The summed E-state index contributed by atoms with van der Waals surface area (Å²) in [6, 6.07) is 6.89. The summed E-state index contributed by atoms with van der Waals surface area (Å²) in [5, 5.41) is 12.8. The van der Waals surface area contributed by atoms with Crippen LogP contribution >= 0.6 is 0 Å². The lowest BCUT2D eigenvalue weighted by atomic mass is 10.1. The first-order chi connectivity index (χ1) is 9.06. The van der Waals surface area contributed by atoms with Crippen molar-refractivity contribution in [2.45, 2.75) is 13.0 Å². The molecule has 1 N–H and O–H groups in total. The maximum absolute atomic E-state index is 10.6. The Morgan fingerprint density at radius 2 is 1.79 bits per heavy atom. The zero-order chi connectivity index (χ0) is 13.8. The van der Waals surface area contributed by atoms with Crippen LogP contribution in [0.4, 0.5) is 5.69 Å². The number of hydrogen-bond donors (Lipinski definition) is 1. The van der Waals surface area contributed by atoms with E-state index in [1.165, 1.54) is 0 Å². The third-order valence-corrected chi connectivity index (χ3v) is 3.48. The van der Waals surface area contributed by atoms with E-state index in [0.29, 0.717) is 0 Å². The molecule has 6 nitrogen and oxygen atoms in total. The lowest BCUT2D eigenvalue weighted by Crippen LogP contribution is -2.51. The molecule has 0 saturated carbocycles. The van der Waals surface area contributed by atoms with E-state index in [0.717, 1.165) is 31.7 Å². The fraction of sp³-hybridized carbons (Fsp3) is 0.538. The van der Waals surface area contributed by atoms with Crippen LogP contribution in [0, 0.1) is 10.1 Å². The first-order valence-electron chi connectivity index (χ1n) is 6.50. The Morgan fingerprint density at radius 1 is 1.21 bits per heavy atom. The highest BCUT2D eigenvalue weighted by molar-refractivity contribution is 5.33. The largest absolute Gasteiger partial charge is 0.304 e. The summed E-state index contributed by atoms with van der Waals surface area (Å²) in [5.41, 5.74) is 4.64. The highest BCUT2D eigenvalue weighted by Crippen LogP contribution is 2.18. The van der Waals surface area contributed by atoms with E-state index >= 15 is 0 Å². The molecule has 0 aliphatic carbocycles. The molecule has 0 radical (unpaired) electrons. The van der Waals surface area contributed by atoms with E-state index < -0.39 is 0 Å². The third-order valence-electron chi connectivity index (χ3n) is 3.48. The summed E-state index contributed by atoms with van der Waals surface area (Å²) in [6.45, 7) is 6.17. The van der Waals surface area contributed by atoms with E-state index in [1.807, 2.05) is 12.1 Å². The second-order valence-corrected chi connectivity index (χ2v) is 4.99. The molecule has 6 heteroatoms. The molecular formula is C13H20N4O2. The smallest absolute Gasteiger partial charge is 0.269 e. The third kappa shape index (κ3) is 3.73. The second kappa shape index (κ2) is 6.10. The minimum absolute atomic E-state index is 0.135. The van der Waals surface area contributed by atoms with Gasteiger partial charge in [-0.3, -0.25) is 10.1 Å². The van der Waals surface area contributed by atoms with Crippen molar-refractivity contribution in [3.05, 3.63) is 39.9 Å². The zero-order valence-electron chi connectivity index (χ0n) is 11.4. The average molecular weight is 264 g/mol. The lowest BCUT2D eigenvalue weighted by molar-refractivity contribution is -0.384. The van der Waals surface area contributed by atoms with E-state index in [-0.39, 0.29) is 16.7 Å². The summed E-state index contributed by atoms with van der Waals surface area (Å²) >= 11 is 0. The van der Waals surface area contributed by atoms with Crippen molar-refractivity contribution in [2.24, 2.45) is 0 Å². The number of hydrazine groups is 1. The number of piperazine rings is 1. The Morgan fingerprint density at radius 3 is 2.32 bits per heavy atom. The standard InChI is InChI=1S/C13H20N4O2/c1-11(14-16-9-7-15(2)8-10-16)12-3-5-13(6-4-12)17(18)19/h3-6,11,14H,7-10H2,1-2H3. The monoisotopic (exact) mass is 264 g/mol. The van der Waals surface area contributed by atoms with Gasteiger partial charge in [0.1, 0.15) is 0 Å². The molecule has 1 atom stereocenters. The molecular weight excluding hydrogens is 244 g/mol. The molecule has 1 aromatic carbocycles. The minimum atomic E-state index is -0.373. The van der Waals surface area contributed by atoms with Crippen LogP contribution in [-0.4, -0.2) is 48.1 Å². The van der Waals surface area contributed by atoms with Crippen LogP contribution in [0.3, 0.4) is 0 Å². The van der Waals surface area contributed by atoms with Crippen LogP contribution in [0.25, 0.3) is 0 Å². The van der Waals surface area contributed by atoms with Gasteiger partial charge >= 0.3 is 0 Å². The summed E-state index contributed by atoms with van der Waals surface area (Å²) in [6.07, 6.45) is 0. The number of nitro groups is 1. The number of benzene rings is 1. The van der Waals surface area contributed by atoms with Crippen LogP contribution in [0.2, 0.25) is 0 Å². The predicted octanol–water partition coefficient (Wildman–Crippen LogP) is 1.41. The Balaban J connectivity index is 1.92. The van der Waals surface area contributed by atoms with Gasteiger partial charge in [-0.2, -0.15) is 0 Å². The Kier molecular flexibility index (Phi) is 4.47. The van der Waals surface area contributed by atoms with Gasteiger partial charge in [-0.15, -0.1) is 0 Å². The number of nitro benzene ring substituents is 1. The molecule has 1 unspecified atom stereocenters. The molecule has 0 bridgehead atoms. The van der Waals surface area contributed by atoms with Crippen molar-refractivity contribution < 1.29 is 4.92 Å². The van der Waals surface area contributed by atoms with E-state index in [9.17, 15) is 10.1 Å². The molecule has 19 heavy (non-hydrogen) atoms. The van der Waals surface area contributed by atoms with Crippen LogP contribution in [0.1, 0.15) is 18.5 Å². The van der Waals surface area contributed by atoms with E-state index in [1.54, 1.807) is 12.1 Å². The van der Waals surface area contributed by atoms with Crippen LogP contribution in [0.15, 0.2) is 24.3 Å². The maximum atomic E-state index is 10.6. The Labute approximate surface area is 113 Å².